The zero-order chi connectivity index (χ0) is 10.7. The van der Waals surface area contributed by atoms with Gasteiger partial charge in [-0.05, 0) is 6.07 Å². The highest BCUT2D eigenvalue weighted by Gasteiger charge is 2.17. The Morgan fingerprint density at radius 2 is 2.29 bits per heavy atom. The Morgan fingerprint density at radius 3 is 2.71 bits per heavy atom. The van der Waals surface area contributed by atoms with Gasteiger partial charge in [-0.3, -0.25) is 0 Å². The van der Waals surface area contributed by atoms with Crippen LogP contribution in [0.1, 0.15) is 17.6 Å². The quantitative estimate of drug-likeness (QED) is 0.717. The highest BCUT2D eigenvalue weighted by atomic mass is 35.5. The third kappa shape index (κ3) is 1.91. The van der Waals surface area contributed by atoms with Crippen LogP contribution in [-0.4, -0.2) is 12.1 Å². The molecule has 0 fully saturated rings. The van der Waals surface area contributed by atoms with Gasteiger partial charge in [-0.25, -0.2) is 8.78 Å². The van der Waals surface area contributed by atoms with E-state index in [1.54, 1.807) is 6.07 Å². The third-order valence-corrected chi connectivity index (χ3v) is 1.82. The first-order valence-corrected chi connectivity index (χ1v) is 3.90. The van der Waals surface area contributed by atoms with Crippen molar-refractivity contribution in [1.82, 2.24) is 4.98 Å². The summed E-state index contributed by atoms with van der Waals surface area (Å²) in [5.41, 5.74) is -0.531. The molecule has 0 unspecified atom stereocenters. The Hall–Kier alpha value is -1.41. The first kappa shape index (κ1) is 10.7. The van der Waals surface area contributed by atoms with Gasteiger partial charge in [0.1, 0.15) is 16.8 Å². The van der Waals surface area contributed by atoms with Crippen LogP contribution in [0, 0.1) is 11.3 Å². The minimum Gasteiger partial charge on any atom is -0.480 e. The van der Waals surface area contributed by atoms with Crippen LogP contribution in [-0.2, 0) is 0 Å². The number of hydrogen-bond donors (Lipinski definition) is 0. The number of nitrogens with zero attached hydrogens (tertiary/aromatic N) is 2. The van der Waals surface area contributed by atoms with Gasteiger partial charge >= 0.3 is 0 Å². The van der Waals surface area contributed by atoms with Gasteiger partial charge in [0.15, 0.2) is 0 Å². The number of pyridine rings is 1. The van der Waals surface area contributed by atoms with E-state index < -0.39 is 12.0 Å². The van der Waals surface area contributed by atoms with Crippen molar-refractivity contribution in [2.45, 2.75) is 6.43 Å². The fourth-order valence-corrected chi connectivity index (χ4v) is 1.09. The highest BCUT2D eigenvalue weighted by molar-refractivity contribution is 6.30. The van der Waals surface area contributed by atoms with Crippen LogP contribution >= 0.6 is 11.6 Å². The molecule has 3 nitrogen and oxygen atoms in total. The van der Waals surface area contributed by atoms with Crippen LogP contribution in [0.3, 0.4) is 0 Å². The normalized spacial score (nSPS) is 10.0. The van der Waals surface area contributed by atoms with Gasteiger partial charge in [-0.2, -0.15) is 10.2 Å². The molecule has 0 saturated heterocycles. The van der Waals surface area contributed by atoms with Crippen molar-refractivity contribution in [2.24, 2.45) is 0 Å². The molecule has 6 heteroatoms. The molecule has 0 saturated carbocycles. The zero-order valence-corrected chi connectivity index (χ0v) is 7.85. The molecule has 74 valence electrons. The molecule has 0 bridgehead atoms. The van der Waals surface area contributed by atoms with E-state index in [9.17, 15) is 8.78 Å². The standard InChI is InChI=1S/C8H5ClF2N2O/c1-14-8-4(3-12)2-5(7(10)11)6(9)13-8/h2,7H,1H3. The Kier molecular flexibility index (Phi) is 3.20. The van der Waals surface area contributed by atoms with Gasteiger partial charge in [0.05, 0.1) is 12.7 Å². The predicted octanol–water partition coefficient (Wildman–Crippen LogP) is 2.55. The second-order valence-corrected chi connectivity index (χ2v) is 2.70. The van der Waals surface area contributed by atoms with Crippen LogP contribution in [0.15, 0.2) is 6.07 Å². The second kappa shape index (κ2) is 4.20. The summed E-state index contributed by atoms with van der Waals surface area (Å²) in [6.07, 6.45) is -2.76. The van der Waals surface area contributed by atoms with E-state index >= 15 is 0 Å². The van der Waals surface area contributed by atoms with E-state index in [1.165, 1.54) is 7.11 Å². The lowest BCUT2D eigenvalue weighted by Crippen LogP contribution is -1.97. The lowest BCUT2D eigenvalue weighted by atomic mass is 10.2. The van der Waals surface area contributed by atoms with Crippen molar-refractivity contribution in [1.29, 1.82) is 5.26 Å². The summed E-state index contributed by atoms with van der Waals surface area (Å²) in [4.78, 5) is 3.52. The van der Waals surface area contributed by atoms with Crippen molar-refractivity contribution in [2.75, 3.05) is 7.11 Å². The van der Waals surface area contributed by atoms with Gasteiger partial charge in [-0.1, -0.05) is 11.6 Å². The molecule has 0 aliphatic rings. The summed E-state index contributed by atoms with van der Waals surface area (Å²) in [5.74, 6) is -0.0538. The van der Waals surface area contributed by atoms with Gasteiger partial charge in [0.2, 0.25) is 5.88 Å². The number of rotatable bonds is 2. The van der Waals surface area contributed by atoms with E-state index in [0.717, 1.165) is 6.07 Å². The fourth-order valence-electron chi connectivity index (χ4n) is 0.879. The first-order chi connectivity index (χ1) is 6.60. The smallest absolute Gasteiger partial charge is 0.266 e. The molecular formula is C8H5ClF2N2O. The molecule has 0 radical (unpaired) electrons. The van der Waals surface area contributed by atoms with Gasteiger partial charge in [-0.15, -0.1) is 0 Å². The first-order valence-electron chi connectivity index (χ1n) is 3.52. The van der Waals surface area contributed by atoms with Crippen LogP contribution in [0.5, 0.6) is 5.88 Å². The monoisotopic (exact) mass is 218 g/mol. The topological polar surface area (TPSA) is 45.9 Å². The summed E-state index contributed by atoms with van der Waals surface area (Å²) < 4.78 is 29.3. The van der Waals surface area contributed by atoms with Crippen LogP contribution < -0.4 is 4.74 Å². The van der Waals surface area contributed by atoms with E-state index in [-0.39, 0.29) is 16.6 Å². The Morgan fingerprint density at radius 1 is 1.64 bits per heavy atom. The Bertz CT molecular complexity index is 390. The summed E-state index contributed by atoms with van der Waals surface area (Å²) in [7, 11) is 1.28. The summed E-state index contributed by atoms with van der Waals surface area (Å²) >= 11 is 5.45. The Labute approximate surface area is 83.9 Å². The Balaban J connectivity index is 3.32. The van der Waals surface area contributed by atoms with Crippen LogP contribution in [0.2, 0.25) is 5.15 Å². The molecule has 0 aliphatic carbocycles. The summed E-state index contributed by atoms with van der Waals surface area (Å²) in [6.45, 7) is 0. The lowest BCUT2D eigenvalue weighted by Gasteiger charge is -2.06. The average molecular weight is 219 g/mol. The molecular weight excluding hydrogens is 214 g/mol. The average Bonchev–Trinajstić information content (AvgIpc) is 2.16. The SMILES string of the molecule is COc1nc(Cl)c(C(F)F)cc1C#N. The number of hydrogen-bond acceptors (Lipinski definition) is 3. The predicted molar refractivity (Wildman–Crippen MR) is 45.5 cm³/mol. The van der Waals surface area contributed by atoms with Crippen molar-refractivity contribution >= 4 is 11.6 Å². The van der Waals surface area contributed by atoms with Crippen molar-refractivity contribution in [3.8, 4) is 11.9 Å². The number of methoxy groups -OCH3 is 1. The molecule has 1 aromatic rings. The molecule has 0 amide bonds. The largest absolute Gasteiger partial charge is 0.480 e. The van der Waals surface area contributed by atoms with Gasteiger partial charge in [0, 0.05) is 0 Å². The highest BCUT2D eigenvalue weighted by Crippen LogP contribution is 2.29. The molecule has 1 aromatic heterocycles. The van der Waals surface area contributed by atoms with E-state index in [2.05, 4.69) is 9.72 Å². The van der Waals surface area contributed by atoms with Crippen molar-refractivity contribution in [3.63, 3.8) is 0 Å². The maximum Gasteiger partial charge on any atom is 0.266 e. The molecule has 0 spiro atoms. The van der Waals surface area contributed by atoms with E-state index in [1.807, 2.05) is 0 Å². The maximum atomic E-state index is 12.3. The number of alkyl halides is 2. The summed E-state index contributed by atoms with van der Waals surface area (Å²) in [5, 5.41) is 8.24. The fraction of sp³-hybridized carbons (Fsp3) is 0.250. The zero-order valence-electron chi connectivity index (χ0n) is 7.09. The number of ether oxygens (including phenoxy) is 1. The molecule has 1 heterocycles. The summed E-state index contributed by atoms with van der Waals surface area (Å²) in [6, 6.07) is 2.66. The van der Waals surface area contributed by atoms with E-state index in [4.69, 9.17) is 16.9 Å². The van der Waals surface area contributed by atoms with E-state index in [0.29, 0.717) is 0 Å². The second-order valence-electron chi connectivity index (χ2n) is 2.34. The maximum absolute atomic E-state index is 12.3. The molecule has 0 aliphatic heterocycles. The molecule has 14 heavy (non-hydrogen) atoms. The van der Waals surface area contributed by atoms with Crippen molar-refractivity contribution < 1.29 is 13.5 Å². The third-order valence-electron chi connectivity index (χ3n) is 1.52. The molecule has 0 N–H and O–H groups in total. The van der Waals surface area contributed by atoms with Gasteiger partial charge < -0.3 is 4.74 Å². The number of nitriles is 1. The number of aromatic nitrogens is 1. The minimum absolute atomic E-state index is 0.0538. The molecule has 1 rings (SSSR count). The van der Waals surface area contributed by atoms with Gasteiger partial charge in [0.25, 0.3) is 6.43 Å². The van der Waals surface area contributed by atoms with Crippen LogP contribution in [0.25, 0.3) is 0 Å². The molecule has 0 aromatic carbocycles. The lowest BCUT2D eigenvalue weighted by molar-refractivity contribution is 0.151. The number of halogens is 3. The van der Waals surface area contributed by atoms with Crippen LogP contribution in [0.4, 0.5) is 8.78 Å². The minimum atomic E-state index is -2.76. The van der Waals surface area contributed by atoms with Crippen molar-refractivity contribution in [3.05, 3.63) is 22.3 Å². The molecule has 0 atom stereocenters.